The summed E-state index contributed by atoms with van der Waals surface area (Å²) in [4.78, 5) is 4.09. The van der Waals surface area contributed by atoms with E-state index in [1.54, 1.807) is 18.2 Å². The van der Waals surface area contributed by atoms with Crippen molar-refractivity contribution < 1.29 is 0 Å². The normalized spacial score (nSPS) is 10.6. The molecule has 0 saturated carbocycles. The van der Waals surface area contributed by atoms with Crippen LogP contribution in [-0.4, -0.2) is 4.98 Å². The van der Waals surface area contributed by atoms with Crippen LogP contribution in [0.1, 0.15) is 0 Å². The number of benzene rings is 1. The van der Waals surface area contributed by atoms with Crippen LogP contribution >= 0.6 is 0 Å². The van der Waals surface area contributed by atoms with E-state index in [-0.39, 0.29) is 11.5 Å². The van der Waals surface area contributed by atoms with E-state index >= 15 is 0 Å². The molecule has 1 aromatic heterocycles. The Morgan fingerprint density at radius 3 is 2.36 bits per heavy atom. The minimum absolute atomic E-state index is 0.237. The topological polar surface area (TPSA) is 117 Å². The Bertz CT molecular complexity index is 506. The molecule has 72 valence electrons. The van der Waals surface area contributed by atoms with Gasteiger partial charge in [0.25, 0.3) is 0 Å². The molecular formula is C9H11N5. The third-order valence-corrected chi connectivity index (χ3v) is 2.15. The predicted molar refractivity (Wildman–Crippen MR) is 59.4 cm³/mol. The van der Waals surface area contributed by atoms with E-state index in [2.05, 4.69) is 4.98 Å². The van der Waals surface area contributed by atoms with Gasteiger partial charge in [-0.2, -0.15) is 0 Å². The minimum atomic E-state index is 0.237. The average molecular weight is 189 g/mol. The van der Waals surface area contributed by atoms with E-state index in [1.807, 2.05) is 0 Å². The quantitative estimate of drug-likeness (QED) is 0.452. The van der Waals surface area contributed by atoms with Crippen LogP contribution in [0.4, 0.5) is 22.9 Å². The first-order valence-corrected chi connectivity index (χ1v) is 4.10. The zero-order valence-corrected chi connectivity index (χ0v) is 7.49. The lowest BCUT2D eigenvalue weighted by Crippen LogP contribution is -2.04. The molecule has 2 rings (SSSR count). The van der Waals surface area contributed by atoms with Crippen LogP contribution < -0.4 is 22.9 Å². The third kappa shape index (κ3) is 0.990. The summed E-state index contributed by atoms with van der Waals surface area (Å²) in [6.07, 6.45) is 0. The van der Waals surface area contributed by atoms with Crippen molar-refractivity contribution in [2.75, 3.05) is 22.9 Å². The third-order valence-electron chi connectivity index (χ3n) is 2.15. The summed E-state index contributed by atoms with van der Waals surface area (Å²) in [6.45, 7) is 0. The zero-order chi connectivity index (χ0) is 10.3. The van der Waals surface area contributed by atoms with Gasteiger partial charge in [0.2, 0.25) is 0 Å². The number of aromatic nitrogens is 1. The van der Waals surface area contributed by atoms with Gasteiger partial charge in [-0.05, 0) is 12.1 Å². The average Bonchev–Trinajstić information content (AvgIpc) is 2.14. The standard InChI is InChI=1S/C9H11N5/c10-4-2-1-3-5-6(4)7(11)8(12)9(13)14-5/h1-3H,10,12H2,(H4,11,13,14). The molecule has 0 bridgehead atoms. The van der Waals surface area contributed by atoms with E-state index in [4.69, 9.17) is 22.9 Å². The summed E-state index contributed by atoms with van der Waals surface area (Å²) >= 11 is 0. The molecule has 2 aromatic rings. The first kappa shape index (κ1) is 8.43. The second-order valence-electron chi connectivity index (χ2n) is 3.07. The second-order valence-corrected chi connectivity index (χ2v) is 3.07. The molecule has 0 aliphatic rings. The number of nitrogens with zero attached hydrogens (tertiary/aromatic N) is 1. The van der Waals surface area contributed by atoms with Gasteiger partial charge in [-0.1, -0.05) is 6.07 Å². The van der Waals surface area contributed by atoms with Gasteiger partial charge in [0, 0.05) is 11.1 Å². The number of pyridine rings is 1. The fourth-order valence-corrected chi connectivity index (χ4v) is 1.41. The summed E-state index contributed by atoms with van der Waals surface area (Å²) in [6, 6.07) is 5.33. The van der Waals surface area contributed by atoms with Crippen molar-refractivity contribution in [1.29, 1.82) is 0 Å². The van der Waals surface area contributed by atoms with Gasteiger partial charge in [0.1, 0.15) is 5.82 Å². The first-order chi connectivity index (χ1) is 6.61. The van der Waals surface area contributed by atoms with Crippen LogP contribution in [-0.2, 0) is 0 Å². The maximum Gasteiger partial charge on any atom is 0.149 e. The highest BCUT2D eigenvalue weighted by Crippen LogP contribution is 2.32. The molecule has 0 radical (unpaired) electrons. The Balaban J connectivity index is 2.99. The molecule has 5 heteroatoms. The summed E-state index contributed by atoms with van der Waals surface area (Å²) in [7, 11) is 0. The lowest BCUT2D eigenvalue weighted by molar-refractivity contribution is 1.42. The first-order valence-electron chi connectivity index (χ1n) is 4.10. The molecule has 0 amide bonds. The monoisotopic (exact) mass is 189 g/mol. The molecule has 0 saturated heterocycles. The number of hydrogen-bond donors (Lipinski definition) is 4. The molecular weight excluding hydrogens is 178 g/mol. The predicted octanol–water partition coefficient (Wildman–Crippen LogP) is 0.564. The molecule has 0 atom stereocenters. The highest BCUT2D eigenvalue weighted by atomic mass is 14.9. The van der Waals surface area contributed by atoms with Gasteiger partial charge in [-0.3, -0.25) is 0 Å². The van der Waals surface area contributed by atoms with E-state index in [0.717, 1.165) is 0 Å². The highest BCUT2D eigenvalue weighted by Gasteiger charge is 2.09. The highest BCUT2D eigenvalue weighted by molar-refractivity contribution is 6.05. The Labute approximate surface area is 80.7 Å². The number of rotatable bonds is 0. The number of nitrogen functional groups attached to an aromatic ring is 4. The maximum absolute atomic E-state index is 5.79. The van der Waals surface area contributed by atoms with Crippen molar-refractivity contribution in [3.05, 3.63) is 18.2 Å². The minimum Gasteiger partial charge on any atom is -0.398 e. The maximum atomic E-state index is 5.79. The Morgan fingerprint density at radius 1 is 0.929 bits per heavy atom. The van der Waals surface area contributed by atoms with Crippen LogP contribution in [0.15, 0.2) is 18.2 Å². The van der Waals surface area contributed by atoms with Crippen LogP contribution in [0.2, 0.25) is 0 Å². The van der Waals surface area contributed by atoms with Crippen LogP contribution in [0.3, 0.4) is 0 Å². The summed E-state index contributed by atoms with van der Waals surface area (Å²) in [5.41, 5.74) is 24.7. The summed E-state index contributed by atoms with van der Waals surface area (Å²) in [5.74, 6) is 0.237. The molecule has 5 nitrogen and oxygen atoms in total. The molecule has 1 heterocycles. The van der Waals surface area contributed by atoms with E-state index in [0.29, 0.717) is 22.3 Å². The lowest BCUT2D eigenvalue weighted by Gasteiger charge is -2.09. The number of fused-ring (bicyclic) bond motifs is 1. The fourth-order valence-electron chi connectivity index (χ4n) is 1.41. The SMILES string of the molecule is Nc1nc2cccc(N)c2c(N)c1N. The van der Waals surface area contributed by atoms with E-state index < -0.39 is 0 Å². The van der Waals surface area contributed by atoms with Gasteiger partial charge >= 0.3 is 0 Å². The van der Waals surface area contributed by atoms with Gasteiger partial charge in [0.15, 0.2) is 0 Å². The van der Waals surface area contributed by atoms with Gasteiger partial charge in [-0.15, -0.1) is 0 Å². The Hall–Kier alpha value is -2.17. The summed E-state index contributed by atoms with van der Waals surface area (Å²) < 4.78 is 0. The Kier molecular flexibility index (Phi) is 1.60. The number of hydrogen-bond acceptors (Lipinski definition) is 5. The fraction of sp³-hybridized carbons (Fsp3) is 0. The van der Waals surface area contributed by atoms with E-state index in [1.165, 1.54) is 0 Å². The van der Waals surface area contributed by atoms with Crippen molar-refractivity contribution in [2.45, 2.75) is 0 Å². The summed E-state index contributed by atoms with van der Waals surface area (Å²) in [5, 5.41) is 0.666. The second kappa shape index (κ2) is 2.66. The number of anilines is 4. The largest absolute Gasteiger partial charge is 0.398 e. The van der Waals surface area contributed by atoms with Crippen LogP contribution in [0.25, 0.3) is 10.9 Å². The van der Waals surface area contributed by atoms with Crippen molar-refractivity contribution in [2.24, 2.45) is 0 Å². The zero-order valence-electron chi connectivity index (χ0n) is 7.49. The van der Waals surface area contributed by atoms with Crippen LogP contribution in [0, 0.1) is 0 Å². The molecule has 0 aliphatic carbocycles. The molecule has 14 heavy (non-hydrogen) atoms. The van der Waals surface area contributed by atoms with Crippen molar-refractivity contribution in [3.63, 3.8) is 0 Å². The number of nitrogens with two attached hydrogens (primary N) is 4. The van der Waals surface area contributed by atoms with Gasteiger partial charge < -0.3 is 22.9 Å². The van der Waals surface area contributed by atoms with Gasteiger partial charge in [0.05, 0.1) is 16.9 Å². The molecule has 0 spiro atoms. The Morgan fingerprint density at radius 2 is 1.64 bits per heavy atom. The smallest absolute Gasteiger partial charge is 0.149 e. The lowest BCUT2D eigenvalue weighted by atomic mass is 10.1. The molecule has 0 unspecified atom stereocenters. The van der Waals surface area contributed by atoms with Crippen molar-refractivity contribution in [1.82, 2.24) is 4.98 Å². The molecule has 0 aliphatic heterocycles. The van der Waals surface area contributed by atoms with E-state index in [9.17, 15) is 0 Å². The van der Waals surface area contributed by atoms with Gasteiger partial charge in [-0.25, -0.2) is 4.98 Å². The van der Waals surface area contributed by atoms with Crippen molar-refractivity contribution in [3.8, 4) is 0 Å². The molecule has 1 aromatic carbocycles. The van der Waals surface area contributed by atoms with Crippen molar-refractivity contribution >= 4 is 33.8 Å². The molecule has 0 fully saturated rings. The molecule has 8 N–H and O–H groups in total. The van der Waals surface area contributed by atoms with Crippen LogP contribution in [0.5, 0.6) is 0 Å².